The normalized spacial score (nSPS) is 12.6. The van der Waals surface area contributed by atoms with Crippen LogP contribution < -0.4 is 5.32 Å². The first-order chi connectivity index (χ1) is 7.83. The average Bonchev–Trinajstić information content (AvgIpc) is 2.73. The second kappa shape index (κ2) is 5.23. The molecule has 0 aliphatic rings. The van der Waals surface area contributed by atoms with E-state index in [4.69, 9.17) is 0 Å². The van der Waals surface area contributed by atoms with Crippen LogP contribution in [0.15, 0.2) is 35.8 Å². The Labute approximate surface area is 100 Å². The van der Waals surface area contributed by atoms with Gasteiger partial charge in [-0.25, -0.2) is 0 Å². The third kappa shape index (κ3) is 2.31. The molecule has 2 rings (SSSR count). The van der Waals surface area contributed by atoms with Crippen LogP contribution in [0.3, 0.4) is 0 Å². The number of hydrogen-bond donors (Lipinski definition) is 1. The van der Waals surface area contributed by atoms with Gasteiger partial charge in [0.05, 0.1) is 11.7 Å². The van der Waals surface area contributed by atoms with Crippen LogP contribution in [-0.4, -0.2) is 11.5 Å². The van der Waals surface area contributed by atoms with Gasteiger partial charge in [0.1, 0.15) is 0 Å². The molecule has 0 aliphatic carbocycles. The van der Waals surface area contributed by atoms with Crippen molar-refractivity contribution in [3.05, 3.63) is 52.0 Å². The van der Waals surface area contributed by atoms with Crippen LogP contribution in [-0.2, 0) is 0 Å². The summed E-state index contributed by atoms with van der Waals surface area (Å²) in [7, 11) is 0. The molecule has 0 aromatic carbocycles. The van der Waals surface area contributed by atoms with Crippen LogP contribution in [0.2, 0.25) is 0 Å². The SMILES string of the molecule is CCNC(c1ccccn1)c1ccsc1C. The zero-order valence-corrected chi connectivity index (χ0v) is 10.4. The molecular weight excluding hydrogens is 216 g/mol. The van der Waals surface area contributed by atoms with E-state index in [0.29, 0.717) is 0 Å². The lowest BCUT2D eigenvalue weighted by Crippen LogP contribution is -2.22. The highest BCUT2D eigenvalue weighted by Crippen LogP contribution is 2.26. The van der Waals surface area contributed by atoms with E-state index < -0.39 is 0 Å². The van der Waals surface area contributed by atoms with Gasteiger partial charge in [-0.1, -0.05) is 13.0 Å². The van der Waals surface area contributed by atoms with Crippen molar-refractivity contribution in [1.29, 1.82) is 0 Å². The third-order valence-electron chi connectivity index (χ3n) is 2.60. The summed E-state index contributed by atoms with van der Waals surface area (Å²) >= 11 is 1.79. The zero-order chi connectivity index (χ0) is 11.4. The Morgan fingerprint density at radius 1 is 1.38 bits per heavy atom. The predicted octanol–water partition coefficient (Wildman–Crippen LogP) is 3.15. The van der Waals surface area contributed by atoms with Gasteiger partial charge in [0.15, 0.2) is 0 Å². The zero-order valence-electron chi connectivity index (χ0n) is 9.60. The van der Waals surface area contributed by atoms with Crippen LogP contribution in [0.1, 0.15) is 29.1 Å². The van der Waals surface area contributed by atoms with E-state index in [0.717, 1.165) is 12.2 Å². The fourth-order valence-electron chi connectivity index (χ4n) is 1.82. The smallest absolute Gasteiger partial charge is 0.0761 e. The van der Waals surface area contributed by atoms with Crippen molar-refractivity contribution in [1.82, 2.24) is 10.3 Å². The Balaban J connectivity index is 2.35. The lowest BCUT2D eigenvalue weighted by Gasteiger charge is -2.17. The molecule has 2 aromatic rings. The molecule has 2 aromatic heterocycles. The molecule has 1 atom stereocenters. The molecule has 2 nitrogen and oxygen atoms in total. The Morgan fingerprint density at radius 2 is 2.25 bits per heavy atom. The molecule has 0 aliphatic heterocycles. The van der Waals surface area contributed by atoms with Crippen LogP contribution in [0.5, 0.6) is 0 Å². The van der Waals surface area contributed by atoms with E-state index in [1.165, 1.54) is 10.4 Å². The largest absolute Gasteiger partial charge is 0.305 e. The Morgan fingerprint density at radius 3 is 2.81 bits per heavy atom. The molecule has 0 spiro atoms. The fourth-order valence-corrected chi connectivity index (χ4v) is 2.56. The summed E-state index contributed by atoms with van der Waals surface area (Å²) in [5, 5.41) is 5.62. The lowest BCUT2D eigenvalue weighted by atomic mass is 10.0. The molecule has 0 bridgehead atoms. The molecule has 0 amide bonds. The number of thiophene rings is 1. The highest BCUT2D eigenvalue weighted by Gasteiger charge is 2.16. The molecule has 84 valence electrons. The van der Waals surface area contributed by atoms with Crippen molar-refractivity contribution in [3.8, 4) is 0 Å². The molecule has 1 N–H and O–H groups in total. The monoisotopic (exact) mass is 232 g/mol. The van der Waals surface area contributed by atoms with Gasteiger partial charge in [0, 0.05) is 11.1 Å². The van der Waals surface area contributed by atoms with Gasteiger partial charge in [0.2, 0.25) is 0 Å². The second-order valence-electron chi connectivity index (χ2n) is 3.68. The maximum Gasteiger partial charge on any atom is 0.0761 e. The number of hydrogen-bond acceptors (Lipinski definition) is 3. The molecule has 1 unspecified atom stereocenters. The third-order valence-corrected chi connectivity index (χ3v) is 3.46. The molecule has 2 heterocycles. The van der Waals surface area contributed by atoms with Crippen LogP contribution in [0, 0.1) is 6.92 Å². The van der Waals surface area contributed by atoms with Gasteiger partial charge in [-0.05, 0) is 42.6 Å². The van der Waals surface area contributed by atoms with Gasteiger partial charge in [-0.15, -0.1) is 11.3 Å². The van der Waals surface area contributed by atoms with E-state index in [-0.39, 0.29) is 6.04 Å². The standard InChI is InChI=1S/C13H16N2S/c1-3-14-13(11-7-9-16-10(11)2)12-6-4-5-8-15-12/h4-9,13-14H,3H2,1-2H3. The average molecular weight is 232 g/mol. The first-order valence-corrected chi connectivity index (χ1v) is 6.39. The van der Waals surface area contributed by atoms with Crippen LogP contribution >= 0.6 is 11.3 Å². The van der Waals surface area contributed by atoms with E-state index >= 15 is 0 Å². The lowest BCUT2D eigenvalue weighted by molar-refractivity contribution is 0.615. The molecular formula is C13H16N2S. The van der Waals surface area contributed by atoms with Crippen LogP contribution in [0.4, 0.5) is 0 Å². The summed E-state index contributed by atoms with van der Waals surface area (Å²) in [6.07, 6.45) is 1.85. The van der Waals surface area contributed by atoms with E-state index in [1.807, 2.05) is 18.3 Å². The minimum absolute atomic E-state index is 0.220. The van der Waals surface area contributed by atoms with Gasteiger partial charge in [-0.2, -0.15) is 0 Å². The molecule has 0 saturated carbocycles. The molecule has 3 heteroatoms. The van der Waals surface area contributed by atoms with Gasteiger partial charge >= 0.3 is 0 Å². The number of pyridine rings is 1. The topological polar surface area (TPSA) is 24.9 Å². The first kappa shape index (κ1) is 11.3. The molecule has 0 saturated heterocycles. The van der Waals surface area contributed by atoms with Crippen molar-refractivity contribution in [3.63, 3.8) is 0 Å². The van der Waals surface area contributed by atoms with E-state index in [2.05, 4.69) is 41.7 Å². The van der Waals surface area contributed by atoms with Crippen molar-refractivity contribution in [2.24, 2.45) is 0 Å². The summed E-state index contributed by atoms with van der Waals surface area (Å²) in [5.41, 5.74) is 2.43. The minimum Gasteiger partial charge on any atom is -0.305 e. The maximum absolute atomic E-state index is 4.44. The second-order valence-corrected chi connectivity index (χ2v) is 4.80. The Hall–Kier alpha value is -1.19. The number of nitrogens with one attached hydrogen (secondary N) is 1. The molecule has 16 heavy (non-hydrogen) atoms. The summed E-state index contributed by atoms with van der Waals surface area (Å²) in [5.74, 6) is 0. The Kier molecular flexibility index (Phi) is 3.70. The van der Waals surface area contributed by atoms with E-state index in [1.54, 1.807) is 11.3 Å². The number of aromatic nitrogens is 1. The van der Waals surface area contributed by atoms with Crippen molar-refractivity contribution >= 4 is 11.3 Å². The summed E-state index contributed by atoms with van der Waals surface area (Å²) in [6.45, 7) is 5.22. The molecule has 0 radical (unpaired) electrons. The highest BCUT2D eigenvalue weighted by atomic mass is 32.1. The van der Waals surface area contributed by atoms with Crippen LogP contribution in [0.25, 0.3) is 0 Å². The van der Waals surface area contributed by atoms with Gasteiger partial charge in [0.25, 0.3) is 0 Å². The van der Waals surface area contributed by atoms with Gasteiger partial charge in [-0.3, -0.25) is 4.98 Å². The predicted molar refractivity (Wildman–Crippen MR) is 68.8 cm³/mol. The fraction of sp³-hybridized carbons (Fsp3) is 0.308. The first-order valence-electron chi connectivity index (χ1n) is 5.51. The number of aryl methyl sites for hydroxylation is 1. The number of nitrogens with zero attached hydrogens (tertiary/aromatic N) is 1. The van der Waals surface area contributed by atoms with Gasteiger partial charge < -0.3 is 5.32 Å². The van der Waals surface area contributed by atoms with E-state index in [9.17, 15) is 0 Å². The van der Waals surface area contributed by atoms with Crippen molar-refractivity contribution in [2.45, 2.75) is 19.9 Å². The number of rotatable bonds is 4. The minimum atomic E-state index is 0.220. The summed E-state index contributed by atoms with van der Waals surface area (Å²) < 4.78 is 0. The summed E-state index contributed by atoms with van der Waals surface area (Å²) in [6, 6.07) is 8.46. The molecule has 0 fully saturated rings. The maximum atomic E-state index is 4.44. The summed E-state index contributed by atoms with van der Waals surface area (Å²) in [4.78, 5) is 5.79. The Bertz CT molecular complexity index is 436. The quantitative estimate of drug-likeness (QED) is 0.876. The van der Waals surface area contributed by atoms with Crippen molar-refractivity contribution < 1.29 is 0 Å². The van der Waals surface area contributed by atoms with Crippen molar-refractivity contribution in [2.75, 3.05) is 6.54 Å². The highest BCUT2D eigenvalue weighted by molar-refractivity contribution is 7.10.